The largest absolute Gasteiger partial charge is 0.545 e. The highest BCUT2D eigenvalue weighted by Crippen LogP contribution is 2.24. The van der Waals surface area contributed by atoms with Crippen molar-refractivity contribution in [3.8, 4) is 5.75 Å². The lowest BCUT2D eigenvalue weighted by atomic mass is 10.1. The van der Waals surface area contributed by atoms with Gasteiger partial charge >= 0.3 is 0 Å². The van der Waals surface area contributed by atoms with Gasteiger partial charge in [-0.25, -0.2) is 0 Å². The summed E-state index contributed by atoms with van der Waals surface area (Å²) in [6.07, 6.45) is 2.54. The molecule has 1 aliphatic heterocycles. The monoisotopic (exact) mass is 395 g/mol. The fourth-order valence-corrected chi connectivity index (χ4v) is 3.07. The topological polar surface area (TPSA) is 81.7 Å². The van der Waals surface area contributed by atoms with Crippen LogP contribution in [0.1, 0.15) is 34.8 Å². The number of aromatic carboxylic acids is 1. The van der Waals surface area contributed by atoms with Crippen LogP contribution in [0.25, 0.3) is 6.08 Å². The molecule has 2 aromatic carbocycles. The van der Waals surface area contributed by atoms with E-state index in [1.807, 2.05) is 31.2 Å². The Kier molecular flexibility index (Phi) is 6.06. The van der Waals surface area contributed by atoms with E-state index in [0.717, 1.165) is 17.5 Å². The molecule has 1 fully saturated rings. The average molecular weight is 395 g/mol. The molecule has 28 heavy (non-hydrogen) atoms. The Morgan fingerprint density at radius 1 is 1.21 bits per heavy atom. The molecule has 1 amide bonds. The number of carboxylic acid groups (broad SMARTS) is 1. The highest BCUT2D eigenvalue weighted by atomic mass is 32.1. The molecule has 0 radical (unpaired) electrons. The molecular formula is C21H19N2O4S-. The van der Waals surface area contributed by atoms with E-state index in [1.54, 1.807) is 23.1 Å². The van der Waals surface area contributed by atoms with Crippen molar-refractivity contribution < 1.29 is 19.4 Å². The van der Waals surface area contributed by atoms with Crippen molar-refractivity contribution in [3.05, 3.63) is 70.9 Å². The Bertz CT molecular complexity index is 938. The zero-order chi connectivity index (χ0) is 20.1. The van der Waals surface area contributed by atoms with Crippen LogP contribution >= 0.6 is 12.2 Å². The minimum absolute atomic E-state index is 0.118. The predicted octanol–water partition coefficient (Wildman–Crippen LogP) is 2.10. The highest BCUT2D eigenvalue weighted by molar-refractivity contribution is 7.80. The Morgan fingerprint density at radius 2 is 1.93 bits per heavy atom. The number of amides is 1. The number of rotatable bonds is 7. The van der Waals surface area contributed by atoms with E-state index in [9.17, 15) is 14.7 Å². The molecule has 1 aliphatic rings. The smallest absolute Gasteiger partial charge is 0.276 e. The number of thiocarbonyl (C=S) groups is 1. The van der Waals surface area contributed by atoms with Crippen LogP contribution in [0.4, 0.5) is 0 Å². The van der Waals surface area contributed by atoms with Crippen molar-refractivity contribution in [2.24, 2.45) is 0 Å². The molecule has 1 N–H and O–H groups in total. The van der Waals surface area contributed by atoms with Gasteiger partial charge in [0.15, 0.2) is 5.11 Å². The zero-order valence-electron chi connectivity index (χ0n) is 15.3. The molecule has 1 saturated heterocycles. The molecule has 2 aromatic rings. The van der Waals surface area contributed by atoms with Gasteiger partial charge in [0, 0.05) is 12.1 Å². The van der Waals surface area contributed by atoms with Crippen LogP contribution in [0.2, 0.25) is 0 Å². The molecule has 0 aliphatic carbocycles. The van der Waals surface area contributed by atoms with E-state index < -0.39 is 5.97 Å². The fourth-order valence-electron chi connectivity index (χ4n) is 2.78. The van der Waals surface area contributed by atoms with Gasteiger partial charge in [0.25, 0.3) is 5.91 Å². The van der Waals surface area contributed by atoms with Gasteiger partial charge < -0.3 is 20.0 Å². The first kappa shape index (κ1) is 19.6. The lowest BCUT2D eigenvalue weighted by molar-refractivity contribution is -0.255. The Morgan fingerprint density at radius 3 is 2.61 bits per heavy atom. The van der Waals surface area contributed by atoms with Gasteiger partial charge in [0.05, 0.1) is 5.97 Å². The molecule has 0 atom stereocenters. The third-order valence-electron chi connectivity index (χ3n) is 4.21. The van der Waals surface area contributed by atoms with Crippen molar-refractivity contribution in [1.29, 1.82) is 0 Å². The zero-order valence-corrected chi connectivity index (χ0v) is 16.1. The van der Waals surface area contributed by atoms with Crippen molar-refractivity contribution in [2.45, 2.75) is 20.0 Å². The molecule has 0 saturated carbocycles. The maximum Gasteiger partial charge on any atom is 0.276 e. The van der Waals surface area contributed by atoms with Gasteiger partial charge in [-0.1, -0.05) is 49.4 Å². The third-order valence-corrected chi connectivity index (χ3v) is 4.53. The van der Waals surface area contributed by atoms with E-state index >= 15 is 0 Å². The van der Waals surface area contributed by atoms with Crippen LogP contribution in [-0.4, -0.2) is 28.4 Å². The minimum Gasteiger partial charge on any atom is -0.545 e. The van der Waals surface area contributed by atoms with Crippen LogP contribution in [0.5, 0.6) is 5.75 Å². The van der Waals surface area contributed by atoms with Gasteiger partial charge in [-0.05, 0) is 41.9 Å². The van der Waals surface area contributed by atoms with Crippen LogP contribution in [0.3, 0.4) is 0 Å². The summed E-state index contributed by atoms with van der Waals surface area (Å²) in [5.74, 6) is -0.763. The number of hydrogen-bond donors (Lipinski definition) is 1. The maximum absolute atomic E-state index is 12.5. The second kappa shape index (κ2) is 8.67. The highest BCUT2D eigenvalue weighted by Gasteiger charge is 2.29. The van der Waals surface area contributed by atoms with E-state index in [0.29, 0.717) is 23.1 Å². The van der Waals surface area contributed by atoms with Crippen molar-refractivity contribution in [1.82, 2.24) is 10.2 Å². The summed E-state index contributed by atoms with van der Waals surface area (Å²) < 4.78 is 5.88. The Labute approximate surface area is 168 Å². The fraction of sp³-hybridized carbons (Fsp3) is 0.190. The number of nitrogens with zero attached hydrogens (tertiary/aromatic N) is 1. The average Bonchev–Trinajstić information content (AvgIpc) is 2.95. The Balaban J connectivity index is 1.75. The number of para-hydroxylation sites is 1. The van der Waals surface area contributed by atoms with Gasteiger partial charge in [-0.15, -0.1) is 0 Å². The molecule has 1 heterocycles. The second-order valence-electron chi connectivity index (χ2n) is 6.26. The SMILES string of the molecule is CCCN1C(=O)C(=Cc2ccccc2OCc2ccc(C(=O)[O-])cc2)NC1=S. The van der Waals surface area contributed by atoms with E-state index in [1.165, 1.54) is 12.1 Å². The molecule has 144 valence electrons. The van der Waals surface area contributed by atoms with E-state index in [2.05, 4.69) is 5.32 Å². The standard InChI is InChI=1S/C21H20N2O4S/c1-2-11-23-19(24)17(22-21(23)28)12-16-5-3-4-6-18(16)27-13-14-7-9-15(10-8-14)20(25)26/h3-10,12H,2,11,13H2,1H3,(H,22,28)(H,25,26)/p-1. The maximum atomic E-state index is 12.5. The number of carbonyl (C=O) groups excluding carboxylic acids is 2. The van der Waals surface area contributed by atoms with Crippen LogP contribution in [0.15, 0.2) is 54.2 Å². The van der Waals surface area contributed by atoms with Crippen LogP contribution < -0.4 is 15.2 Å². The number of benzene rings is 2. The molecule has 6 nitrogen and oxygen atoms in total. The summed E-state index contributed by atoms with van der Waals surface area (Å²) in [7, 11) is 0. The lowest BCUT2D eigenvalue weighted by Crippen LogP contribution is -2.31. The first-order chi connectivity index (χ1) is 13.5. The number of carboxylic acids is 1. The van der Waals surface area contributed by atoms with Gasteiger partial charge in [0.2, 0.25) is 0 Å². The summed E-state index contributed by atoms with van der Waals surface area (Å²) in [4.78, 5) is 24.9. The molecule has 0 aromatic heterocycles. The minimum atomic E-state index is -1.21. The normalized spacial score (nSPS) is 15.0. The van der Waals surface area contributed by atoms with E-state index in [-0.39, 0.29) is 18.1 Å². The Hall–Kier alpha value is -3.19. The number of hydrogen-bond acceptors (Lipinski definition) is 5. The lowest BCUT2D eigenvalue weighted by Gasteiger charge is -2.11. The number of ether oxygens (including phenoxy) is 1. The molecular weight excluding hydrogens is 376 g/mol. The van der Waals surface area contributed by atoms with Crippen LogP contribution in [-0.2, 0) is 11.4 Å². The first-order valence-corrected chi connectivity index (χ1v) is 9.27. The van der Waals surface area contributed by atoms with Crippen molar-refractivity contribution in [3.63, 3.8) is 0 Å². The molecule has 0 unspecified atom stereocenters. The van der Waals surface area contributed by atoms with Crippen molar-refractivity contribution in [2.75, 3.05) is 6.54 Å². The third kappa shape index (κ3) is 4.37. The molecule has 7 heteroatoms. The van der Waals surface area contributed by atoms with Gasteiger partial charge in [-0.3, -0.25) is 9.69 Å². The van der Waals surface area contributed by atoms with Crippen LogP contribution in [0, 0.1) is 0 Å². The van der Waals surface area contributed by atoms with E-state index in [4.69, 9.17) is 17.0 Å². The molecule has 3 rings (SSSR count). The predicted molar refractivity (Wildman–Crippen MR) is 107 cm³/mol. The first-order valence-electron chi connectivity index (χ1n) is 8.86. The summed E-state index contributed by atoms with van der Waals surface area (Å²) in [5.41, 5.74) is 2.09. The number of carbonyl (C=O) groups is 2. The molecule has 0 spiro atoms. The number of nitrogens with one attached hydrogen (secondary N) is 1. The summed E-state index contributed by atoms with van der Waals surface area (Å²) in [5, 5.41) is 14.2. The second-order valence-corrected chi connectivity index (χ2v) is 6.64. The summed E-state index contributed by atoms with van der Waals surface area (Å²) >= 11 is 5.23. The van der Waals surface area contributed by atoms with Gasteiger partial charge in [-0.2, -0.15) is 0 Å². The quantitative estimate of drug-likeness (QED) is 0.571. The summed E-state index contributed by atoms with van der Waals surface area (Å²) in [6.45, 7) is 2.82. The molecule has 0 bridgehead atoms. The van der Waals surface area contributed by atoms with Gasteiger partial charge in [0.1, 0.15) is 18.1 Å². The van der Waals surface area contributed by atoms with Crippen molar-refractivity contribution >= 4 is 35.3 Å². The summed E-state index contributed by atoms with van der Waals surface area (Å²) in [6, 6.07) is 13.7.